The molecule has 0 amide bonds. The van der Waals surface area contributed by atoms with Crippen LogP contribution < -0.4 is 4.74 Å². The van der Waals surface area contributed by atoms with E-state index in [9.17, 15) is 9.90 Å². The molecule has 0 aliphatic rings. The molecule has 0 aromatic heterocycles. The van der Waals surface area contributed by atoms with Crippen LogP contribution in [-0.4, -0.2) is 17.0 Å². The smallest absolute Gasteiger partial charge is 0.160 e. The number of Topliss-reactive ketones (excluding diaryl/α,β-unsaturated/α-hetero) is 1. The second-order valence-corrected chi connectivity index (χ2v) is 3.44. The minimum absolute atomic E-state index is 0.0246. The van der Waals surface area contributed by atoms with Crippen molar-refractivity contribution in [1.82, 2.24) is 0 Å². The van der Waals surface area contributed by atoms with Crippen LogP contribution in [0.2, 0.25) is 0 Å². The average molecular weight is 194 g/mol. The summed E-state index contributed by atoms with van der Waals surface area (Å²) in [5.74, 6) is 0.480. The fraction of sp³-hybridized carbons (Fsp3) is 0.364. The lowest BCUT2D eigenvalue weighted by atomic mass is 10.1. The van der Waals surface area contributed by atoms with Gasteiger partial charge in [-0.05, 0) is 32.9 Å². The molecule has 3 heteroatoms. The fourth-order valence-corrected chi connectivity index (χ4v) is 1.13. The van der Waals surface area contributed by atoms with E-state index in [-0.39, 0.29) is 17.6 Å². The van der Waals surface area contributed by atoms with Crippen LogP contribution in [0.1, 0.15) is 31.1 Å². The molecule has 1 aromatic carbocycles. The number of ketones is 1. The highest BCUT2D eigenvalue weighted by molar-refractivity contribution is 5.94. The molecule has 14 heavy (non-hydrogen) atoms. The molecule has 0 heterocycles. The zero-order valence-corrected chi connectivity index (χ0v) is 8.57. The van der Waals surface area contributed by atoms with E-state index in [1.54, 1.807) is 6.07 Å². The maximum Gasteiger partial charge on any atom is 0.160 e. The van der Waals surface area contributed by atoms with Crippen LogP contribution in [0.5, 0.6) is 11.5 Å². The number of phenolic OH excluding ortho intramolecular Hbond substituents is 1. The number of hydrogen-bond acceptors (Lipinski definition) is 3. The third-order valence-electron chi connectivity index (χ3n) is 1.67. The highest BCUT2D eigenvalue weighted by atomic mass is 16.5. The van der Waals surface area contributed by atoms with Gasteiger partial charge in [0.1, 0.15) is 11.5 Å². The van der Waals surface area contributed by atoms with Crippen molar-refractivity contribution in [2.75, 3.05) is 0 Å². The number of carbonyl (C=O) groups is 1. The van der Waals surface area contributed by atoms with Crippen molar-refractivity contribution < 1.29 is 14.6 Å². The van der Waals surface area contributed by atoms with Crippen molar-refractivity contribution in [3.63, 3.8) is 0 Å². The van der Waals surface area contributed by atoms with E-state index < -0.39 is 0 Å². The first kappa shape index (κ1) is 10.6. The lowest BCUT2D eigenvalue weighted by Crippen LogP contribution is -2.06. The maximum absolute atomic E-state index is 11.1. The first-order chi connectivity index (χ1) is 6.49. The van der Waals surface area contributed by atoms with Crippen LogP contribution in [0, 0.1) is 0 Å². The van der Waals surface area contributed by atoms with Gasteiger partial charge < -0.3 is 9.84 Å². The van der Waals surface area contributed by atoms with Crippen molar-refractivity contribution in [3.05, 3.63) is 23.8 Å². The molecule has 1 N–H and O–H groups in total. The van der Waals surface area contributed by atoms with E-state index in [1.165, 1.54) is 19.1 Å². The second-order valence-electron chi connectivity index (χ2n) is 3.44. The van der Waals surface area contributed by atoms with Gasteiger partial charge in [-0.15, -0.1) is 0 Å². The molecule has 0 saturated heterocycles. The Morgan fingerprint density at radius 2 is 2.00 bits per heavy atom. The van der Waals surface area contributed by atoms with Crippen molar-refractivity contribution in [1.29, 1.82) is 0 Å². The van der Waals surface area contributed by atoms with Crippen LogP contribution in [0.3, 0.4) is 0 Å². The quantitative estimate of drug-likeness (QED) is 0.751. The number of rotatable bonds is 3. The molecular weight excluding hydrogens is 180 g/mol. The molecule has 0 saturated carbocycles. The van der Waals surface area contributed by atoms with Crippen molar-refractivity contribution in [3.8, 4) is 11.5 Å². The summed E-state index contributed by atoms with van der Waals surface area (Å²) < 4.78 is 5.37. The molecule has 0 atom stereocenters. The Morgan fingerprint density at radius 1 is 1.36 bits per heavy atom. The molecule has 0 spiro atoms. The molecular formula is C11H14O3. The molecule has 76 valence electrons. The Labute approximate surface area is 83.3 Å². The number of benzene rings is 1. The lowest BCUT2D eigenvalue weighted by molar-refractivity contribution is 0.101. The Bertz CT molecular complexity index is 342. The summed E-state index contributed by atoms with van der Waals surface area (Å²) in [6, 6.07) is 4.55. The van der Waals surface area contributed by atoms with Gasteiger partial charge in [0, 0.05) is 11.6 Å². The third-order valence-corrected chi connectivity index (χ3v) is 1.67. The SMILES string of the molecule is CC(=O)c1cc(O)cc(OC(C)C)c1. The summed E-state index contributed by atoms with van der Waals surface area (Å²) in [5, 5.41) is 9.32. The number of hydrogen-bond donors (Lipinski definition) is 1. The van der Waals surface area contributed by atoms with E-state index in [0.717, 1.165) is 0 Å². The van der Waals surface area contributed by atoms with Crippen LogP contribution in [0.15, 0.2) is 18.2 Å². The van der Waals surface area contributed by atoms with E-state index in [1.807, 2.05) is 13.8 Å². The monoisotopic (exact) mass is 194 g/mol. The van der Waals surface area contributed by atoms with Crippen LogP contribution >= 0.6 is 0 Å². The summed E-state index contributed by atoms with van der Waals surface area (Å²) in [6.07, 6.45) is 0.0246. The highest BCUT2D eigenvalue weighted by Gasteiger charge is 2.05. The van der Waals surface area contributed by atoms with Gasteiger partial charge in [-0.3, -0.25) is 4.79 Å². The Morgan fingerprint density at radius 3 is 2.50 bits per heavy atom. The maximum atomic E-state index is 11.1. The number of aromatic hydroxyl groups is 1. The highest BCUT2D eigenvalue weighted by Crippen LogP contribution is 2.22. The van der Waals surface area contributed by atoms with Gasteiger partial charge in [0.15, 0.2) is 5.78 Å². The van der Waals surface area contributed by atoms with Gasteiger partial charge in [-0.1, -0.05) is 0 Å². The van der Waals surface area contributed by atoms with Crippen molar-refractivity contribution in [2.45, 2.75) is 26.9 Å². The van der Waals surface area contributed by atoms with Gasteiger partial charge in [-0.2, -0.15) is 0 Å². The van der Waals surface area contributed by atoms with E-state index >= 15 is 0 Å². The predicted octanol–water partition coefficient (Wildman–Crippen LogP) is 2.38. The molecule has 1 rings (SSSR count). The van der Waals surface area contributed by atoms with Gasteiger partial charge in [0.25, 0.3) is 0 Å². The fourth-order valence-electron chi connectivity index (χ4n) is 1.13. The van der Waals surface area contributed by atoms with Gasteiger partial charge in [-0.25, -0.2) is 0 Å². The molecule has 1 aromatic rings. The number of phenols is 1. The molecule has 3 nitrogen and oxygen atoms in total. The second kappa shape index (κ2) is 4.13. The van der Waals surface area contributed by atoms with Crippen LogP contribution in [0.25, 0.3) is 0 Å². The minimum atomic E-state index is -0.0884. The molecule has 0 radical (unpaired) electrons. The Kier molecular flexibility index (Phi) is 3.12. The molecule has 0 aliphatic heterocycles. The molecule has 0 fully saturated rings. The molecule has 0 bridgehead atoms. The van der Waals surface area contributed by atoms with Crippen LogP contribution in [-0.2, 0) is 0 Å². The topological polar surface area (TPSA) is 46.5 Å². The van der Waals surface area contributed by atoms with Gasteiger partial charge in [0.2, 0.25) is 0 Å². The third kappa shape index (κ3) is 2.76. The van der Waals surface area contributed by atoms with E-state index in [2.05, 4.69) is 0 Å². The number of carbonyl (C=O) groups excluding carboxylic acids is 1. The van der Waals surface area contributed by atoms with E-state index in [4.69, 9.17) is 4.74 Å². The Hall–Kier alpha value is -1.51. The normalized spacial score (nSPS) is 10.3. The number of ether oxygens (including phenoxy) is 1. The summed E-state index contributed by atoms with van der Waals surface area (Å²) in [4.78, 5) is 11.1. The molecule has 0 unspecified atom stereocenters. The largest absolute Gasteiger partial charge is 0.508 e. The standard InChI is InChI=1S/C11H14O3/c1-7(2)14-11-5-9(8(3)12)4-10(13)6-11/h4-7,13H,1-3H3. The van der Waals surface area contributed by atoms with Gasteiger partial charge in [0.05, 0.1) is 6.10 Å². The zero-order chi connectivity index (χ0) is 10.7. The zero-order valence-electron chi connectivity index (χ0n) is 8.57. The minimum Gasteiger partial charge on any atom is -0.508 e. The predicted molar refractivity (Wildman–Crippen MR) is 53.9 cm³/mol. The van der Waals surface area contributed by atoms with E-state index in [0.29, 0.717) is 11.3 Å². The summed E-state index contributed by atoms with van der Waals surface area (Å²) in [6.45, 7) is 5.23. The average Bonchev–Trinajstić information content (AvgIpc) is 2.01. The van der Waals surface area contributed by atoms with Crippen LogP contribution in [0.4, 0.5) is 0 Å². The lowest BCUT2D eigenvalue weighted by Gasteiger charge is -2.10. The Balaban J connectivity index is 3.01. The first-order valence-corrected chi connectivity index (χ1v) is 4.50. The summed E-state index contributed by atoms with van der Waals surface area (Å²) in [5.41, 5.74) is 0.459. The summed E-state index contributed by atoms with van der Waals surface area (Å²) in [7, 11) is 0. The first-order valence-electron chi connectivity index (χ1n) is 4.50. The summed E-state index contributed by atoms with van der Waals surface area (Å²) >= 11 is 0. The van der Waals surface area contributed by atoms with Crippen molar-refractivity contribution in [2.24, 2.45) is 0 Å². The molecule has 0 aliphatic carbocycles. The van der Waals surface area contributed by atoms with Gasteiger partial charge >= 0.3 is 0 Å². The van der Waals surface area contributed by atoms with Crippen molar-refractivity contribution >= 4 is 5.78 Å².